The molecule has 0 aliphatic rings. The number of nitrogens with zero attached hydrogens (tertiary/aromatic N) is 3. The molecule has 0 saturated carbocycles. The van der Waals surface area contributed by atoms with Crippen LogP contribution < -0.4 is 5.32 Å². The Kier molecular flexibility index (Phi) is 5.21. The Morgan fingerprint density at radius 1 is 1.32 bits per heavy atom. The van der Waals surface area contributed by atoms with Crippen molar-refractivity contribution in [3.63, 3.8) is 0 Å². The molecular weight excluding hydrogens is 288 g/mol. The van der Waals surface area contributed by atoms with Crippen molar-refractivity contribution in [3.8, 4) is 5.69 Å². The average Bonchev–Trinajstić information content (AvgIpc) is 2.89. The molecule has 1 aromatic heterocycles. The lowest BCUT2D eigenvalue weighted by Gasteiger charge is -2.05. The molecule has 2 N–H and O–H groups in total. The fourth-order valence-corrected chi connectivity index (χ4v) is 1.83. The molecule has 116 valence electrons. The van der Waals surface area contributed by atoms with Crippen LogP contribution in [0, 0.1) is 6.92 Å². The Labute approximate surface area is 126 Å². The molecule has 0 fully saturated rings. The third-order valence-electron chi connectivity index (χ3n) is 2.87. The molecule has 1 amide bonds. The van der Waals surface area contributed by atoms with Gasteiger partial charge in [-0.15, -0.1) is 5.10 Å². The zero-order chi connectivity index (χ0) is 15.9. The van der Waals surface area contributed by atoms with Crippen molar-refractivity contribution in [3.05, 3.63) is 41.7 Å². The Morgan fingerprint density at radius 3 is 2.73 bits per heavy atom. The van der Waals surface area contributed by atoms with Gasteiger partial charge in [0.2, 0.25) is 0 Å². The molecule has 0 saturated heterocycles. The number of aromatic nitrogens is 3. The fraction of sp³-hybridized carbons (Fsp3) is 0.286. The maximum Gasteiger partial charge on any atom is 0.329 e. The lowest BCUT2D eigenvalue weighted by molar-refractivity contribution is -0.142. The van der Waals surface area contributed by atoms with Crippen molar-refractivity contribution in [2.75, 3.05) is 19.8 Å². The van der Waals surface area contributed by atoms with Crippen LogP contribution in [-0.2, 0) is 9.53 Å². The zero-order valence-corrected chi connectivity index (χ0v) is 12.0. The van der Waals surface area contributed by atoms with Gasteiger partial charge < -0.3 is 15.2 Å². The van der Waals surface area contributed by atoms with Gasteiger partial charge in [0.05, 0.1) is 18.0 Å². The lowest BCUT2D eigenvalue weighted by atomic mass is 10.3. The molecule has 8 nitrogen and oxygen atoms in total. The van der Waals surface area contributed by atoms with Crippen LogP contribution in [0.1, 0.15) is 16.2 Å². The number of carbonyl (C=O) groups is 2. The van der Waals surface area contributed by atoms with E-state index in [0.29, 0.717) is 5.69 Å². The normalized spacial score (nSPS) is 10.4. The number of para-hydroxylation sites is 1. The highest BCUT2D eigenvalue weighted by Gasteiger charge is 2.16. The van der Waals surface area contributed by atoms with Crippen LogP contribution in [0.5, 0.6) is 0 Å². The van der Waals surface area contributed by atoms with E-state index in [9.17, 15) is 9.59 Å². The van der Waals surface area contributed by atoms with Gasteiger partial charge in [-0.3, -0.25) is 4.79 Å². The van der Waals surface area contributed by atoms with E-state index < -0.39 is 5.97 Å². The Balaban J connectivity index is 1.94. The largest absolute Gasteiger partial charge is 0.480 e. The molecular formula is C14H16N4O4. The van der Waals surface area contributed by atoms with Crippen molar-refractivity contribution in [2.45, 2.75) is 6.92 Å². The number of nitrogens with one attached hydrogen (secondary N) is 1. The van der Waals surface area contributed by atoms with Crippen molar-refractivity contribution >= 4 is 11.9 Å². The summed E-state index contributed by atoms with van der Waals surface area (Å²) in [5.74, 6) is -1.42. The Bertz CT molecular complexity index is 654. The summed E-state index contributed by atoms with van der Waals surface area (Å²) in [5, 5.41) is 18.9. The minimum absolute atomic E-state index is 0.115. The first-order chi connectivity index (χ1) is 10.6. The van der Waals surface area contributed by atoms with Crippen molar-refractivity contribution in [2.24, 2.45) is 0 Å². The van der Waals surface area contributed by atoms with E-state index in [2.05, 4.69) is 15.6 Å². The van der Waals surface area contributed by atoms with Gasteiger partial charge in [-0.2, -0.15) is 0 Å². The van der Waals surface area contributed by atoms with Gasteiger partial charge in [-0.1, -0.05) is 23.4 Å². The van der Waals surface area contributed by atoms with Crippen LogP contribution in [0.25, 0.3) is 5.69 Å². The van der Waals surface area contributed by atoms with E-state index >= 15 is 0 Å². The summed E-state index contributed by atoms with van der Waals surface area (Å²) in [6.45, 7) is 1.68. The first-order valence-corrected chi connectivity index (χ1v) is 6.65. The number of hydrogen-bond acceptors (Lipinski definition) is 5. The van der Waals surface area contributed by atoms with Gasteiger partial charge in [0.25, 0.3) is 5.91 Å². The molecule has 0 spiro atoms. The third kappa shape index (κ3) is 3.89. The molecule has 8 heteroatoms. The third-order valence-corrected chi connectivity index (χ3v) is 2.87. The number of hydrogen-bond donors (Lipinski definition) is 2. The van der Waals surface area contributed by atoms with Crippen molar-refractivity contribution in [1.82, 2.24) is 20.3 Å². The topological polar surface area (TPSA) is 106 Å². The number of ether oxygens (including phenoxy) is 1. The van der Waals surface area contributed by atoms with Gasteiger partial charge in [-0.05, 0) is 19.1 Å². The number of carboxylic acid groups (broad SMARTS) is 1. The molecule has 0 unspecified atom stereocenters. The van der Waals surface area contributed by atoms with E-state index in [1.54, 1.807) is 11.6 Å². The lowest BCUT2D eigenvalue weighted by Crippen LogP contribution is -2.28. The molecule has 0 aliphatic heterocycles. The summed E-state index contributed by atoms with van der Waals surface area (Å²) >= 11 is 0. The van der Waals surface area contributed by atoms with Crippen LogP contribution in [-0.4, -0.2) is 51.7 Å². The molecule has 0 atom stereocenters. The second-order valence-electron chi connectivity index (χ2n) is 4.47. The smallest absolute Gasteiger partial charge is 0.329 e. The standard InChI is InChI=1S/C14H16N4O4/c1-10-13(14(21)15-7-8-22-9-12(19)20)16-17-18(10)11-5-3-2-4-6-11/h2-6H,7-9H2,1H3,(H,15,21)(H,19,20). The first-order valence-electron chi connectivity index (χ1n) is 6.65. The number of amides is 1. The summed E-state index contributed by atoms with van der Waals surface area (Å²) in [5.41, 5.74) is 1.66. The quantitative estimate of drug-likeness (QED) is 0.717. The monoisotopic (exact) mass is 304 g/mol. The van der Waals surface area contributed by atoms with Crippen LogP contribution in [0.3, 0.4) is 0 Å². The number of rotatable bonds is 7. The Morgan fingerprint density at radius 2 is 2.05 bits per heavy atom. The van der Waals surface area contributed by atoms with Gasteiger partial charge in [0, 0.05) is 6.54 Å². The Hall–Kier alpha value is -2.74. The van der Waals surface area contributed by atoms with Crippen LogP contribution >= 0.6 is 0 Å². The molecule has 0 aliphatic carbocycles. The van der Waals surface area contributed by atoms with Gasteiger partial charge in [0.15, 0.2) is 5.69 Å². The molecule has 0 bridgehead atoms. The minimum Gasteiger partial charge on any atom is -0.480 e. The fourth-order valence-electron chi connectivity index (χ4n) is 1.83. The first kappa shape index (κ1) is 15.6. The van der Waals surface area contributed by atoms with Crippen molar-refractivity contribution < 1.29 is 19.4 Å². The van der Waals surface area contributed by atoms with Crippen LogP contribution in [0.2, 0.25) is 0 Å². The molecule has 2 rings (SSSR count). The summed E-state index contributed by atoms with van der Waals surface area (Å²) in [6, 6.07) is 9.36. The zero-order valence-electron chi connectivity index (χ0n) is 12.0. The van der Waals surface area contributed by atoms with E-state index in [1.807, 2.05) is 30.3 Å². The highest BCUT2D eigenvalue weighted by Crippen LogP contribution is 2.11. The maximum absolute atomic E-state index is 12.0. The second-order valence-corrected chi connectivity index (χ2v) is 4.47. The van der Waals surface area contributed by atoms with E-state index in [4.69, 9.17) is 9.84 Å². The molecule has 2 aromatic rings. The summed E-state index contributed by atoms with van der Waals surface area (Å²) in [6.07, 6.45) is 0. The predicted octanol–water partition coefficient (Wildman–Crippen LogP) is 0.407. The molecule has 1 aromatic carbocycles. The van der Waals surface area contributed by atoms with Crippen LogP contribution in [0.4, 0.5) is 0 Å². The molecule has 0 radical (unpaired) electrons. The van der Waals surface area contributed by atoms with E-state index in [0.717, 1.165) is 5.69 Å². The number of carbonyl (C=O) groups excluding carboxylic acids is 1. The summed E-state index contributed by atoms with van der Waals surface area (Å²) < 4.78 is 6.41. The van der Waals surface area contributed by atoms with E-state index in [-0.39, 0.29) is 31.4 Å². The molecule has 1 heterocycles. The highest BCUT2D eigenvalue weighted by molar-refractivity contribution is 5.93. The minimum atomic E-state index is -1.05. The summed E-state index contributed by atoms with van der Waals surface area (Å²) in [4.78, 5) is 22.3. The number of carboxylic acids is 1. The number of benzene rings is 1. The van der Waals surface area contributed by atoms with Gasteiger partial charge in [-0.25, -0.2) is 9.48 Å². The number of aliphatic carboxylic acids is 1. The predicted molar refractivity (Wildman–Crippen MR) is 76.9 cm³/mol. The maximum atomic E-state index is 12.0. The van der Waals surface area contributed by atoms with Crippen molar-refractivity contribution in [1.29, 1.82) is 0 Å². The SMILES string of the molecule is Cc1c(C(=O)NCCOCC(=O)O)nnn1-c1ccccc1. The van der Waals surface area contributed by atoms with Gasteiger partial charge >= 0.3 is 5.97 Å². The summed E-state index contributed by atoms with van der Waals surface area (Å²) in [7, 11) is 0. The second kappa shape index (κ2) is 7.32. The van der Waals surface area contributed by atoms with E-state index in [1.165, 1.54) is 0 Å². The van der Waals surface area contributed by atoms with Gasteiger partial charge in [0.1, 0.15) is 6.61 Å². The average molecular weight is 304 g/mol. The van der Waals surface area contributed by atoms with Crippen LogP contribution in [0.15, 0.2) is 30.3 Å². The highest BCUT2D eigenvalue weighted by atomic mass is 16.5. The molecule has 22 heavy (non-hydrogen) atoms.